The molecule has 7 heteroatoms. The number of carbonyl (C=O) groups excluding carboxylic acids is 1. The summed E-state index contributed by atoms with van der Waals surface area (Å²) in [6.07, 6.45) is 1.69. The highest BCUT2D eigenvalue weighted by molar-refractivity contribution is 5.79. The molecule has 0 bridgehead atoms. The molecule has 4 nitrogen and oxygen atoms in total. The molecule has 0 spiro atoms. The molecule has 4 rings (SSSR count). The lowest BCUT2D eigenvalue weighted by Gasteiger charge is -2.42. The van der Waals surface area contributed by atoms with Gasteiger partial charge in [-0.3, -0.25) is 4.79 Å². The maximum Gasteiger partial charge on any atom is 0.416 e. The predicted molar refractivity (Wildman–Crippen MR) is 121 cm³/mol. The third-order valence-electron chi connectivity index (χ3n) is 6.83. The van der Waals surface area contributed by atoms with Crippen LogP contribution >= 0.6 is 0 Å². The molecule has 1 saturated carbocycles. The molecule has 1 aliphatic carbocycles. The minimum absolute atomic E-state index is 0.184. The maximum atomic E-state index is 13.5. The molecule has 2 fully saturated rings. The zero-order valence-corrected chi connectivity index (χ0v) is 18.3. The predicted octanol–water partition coefficient (Wildman–Crippen LogP) is 5.81. The van der Waals surface area contributed by atoms with Gasteiger partial charge in [-0.1, -0.05) is 31.0 Å². The SMILES string of the molecule is Cc1ccc(N2CCCC(C(N)=O)C2c2ccc(NC3CCCC3)cc2)cc1C(F)(F)F. The van der Waals surface area contributed by atoms with Crippen LogP contribution < -0.4 is 16.0 Å². The Labute approximate surface area is 187 Å². The summed E-state index contributed by atoms with van der Waals surface area (Å²) in [7, 11) is 0. The van der Waals surface area contributed by atoms with Crippen LogP contribution in [0.25, 0.3) is 0 Å². The number of rotatable bonds is 5. The summed E-state index contributed by atoms with van der Waals surface area (Å²) in [5.74, 6) is -0.885. The van der Waals surface area contributed by atoms with Gasteiger partial charge in [0.1, 0.15) is 0 Å². The number of hydrogen-bond acceptors (Lipinski definition) is 3. The molecule has 3 N–H and O–H groups in total. The molecule has 172 valence electrons. The van der Waals surface area contributed by atoms with Gasteiger partial charge in [0, 0.05) is 24.0 Å². The van der Waals surface area contributed by atoms with Crippen LogP contribution in [0, 0.1) is 12.8 Å². The lowest BCUT2D eigenvalue weighted by atomic mass is 9.83. The summed E-state index contributed by atoms with van der Waals surface area (Å²) >= 11 is 0. The molecule has 1 heterocycles. The first-order chi connectivity index (χ1) is 15.2. The van der Waals surface area contributed by atoms with Crippen molar-refractivity contribution >= 4 is 17.3 Å². The molecule has 1 aliphatic heterocycles. The summed E-state index contributed by atoms with van der Waals surface area (Å²) in [6.45, 7) is 2.03. The van der Waals surface area contributed by atoms with Crippen molar-refractivity contribution in [3.8, 4) is 0 Å². The van der Waals surface area contributed by atoms with E-state index in [0.717, 1.165) is 24.1 Å². The number of primary amides is 1. The van der Waals surface area contributed by atoms with Crippen molar-refractivity contribution in [3.05, 3.63) is 59.2 Å². The highest BCUT2D eigenvalue weighted by Crippen LogP contribution is 2.42. The van der Waals surface area contributed by atoms with Crippen molar-refractivity contribution in [2.75, 3.05) is 16.8 Å². The molecular weight excluding hydrogens is 415 g/mol. The van der Waals surface area contributed by atoms with Crippen LogP contribution in [0.4, 0.5) is 24.5 Å². The molecule has 0 aromatic heterocycles. The van der Waals surface area contributed by atoms with Crippen molar-refractivity contribution in [2.45, 2.75) is 63.7 Å². The van der Waals surface area contributed by atoms with Crippen molar-refractivity contribution < 1.29 is 18.0 Å². The number of alkyl halides is 3. The van der Waals surface area contributed by atoms with E-state index in [1.54, 1.807) is 6.07 Å². The number of benzene rings is 2. The number of halogens is 3. The molecule has 2 aromatic rings. The van der Waals surface area contributed by atoms with Crippen LogP contribution in [0.1, 0.15) is 61.3 Å². The van der Waals surface area contributed by atoms with Crippen molar-refractivity contribution in [2.24, 2.45) is 11.7 Å². The van der Waals surface area contributed by atoms with E-state index in [1.165, 1.54) is 31.9 Å². The second-order valence-electron chi connectivity index (χ2n) is 9.03. The lowest BCUT2D eigenvalue weighted by molar-refractivity contribution is -0.138. The first-order valence-electron chi connectivity index (χ1n) is 11.3. The van der Waals surface area contributed by atoms with Crippen molar-refractivity contribution in [1.82, 2.24) is 0 Å². The number of nitrogens with two attached hydrogens (primary N) is 1. The second-order valence-corrected chi connectivity index (χ2v) is 9.03. The number of nitrogens with zero attached hydrogens (tertiary/aromatic N) is 1. The first kappa shape index (κ1) is 22.5. The van der Waals surface area contributed by atoms with Gasteiger partial charge in [0.2, 0.25) is 5.91 Å². The van der Waals surface area contributed by atoms with E-state index in [2.05, 4.69) is 5.32 Å². The fraction of sp³-hybridized carbons (Fsp3) is 0.480. The lowest BCUT2D eigenvalue weighted by Crippen LogP contribution is -2.44. The second kappa shape index (κ2) is 9.04. The Morgan fingerprint density at radius 2 is 1.72 bits per heavy atom. The minimum Gasteiger partial charge on any atom is -0.382 e. The Morgan fingerprint density at radius 3 is 2.34 bits per heavy atom. The van der Waals surface area contributed by atoms with Crippen LogP contribution in [0.5, 0.6) is 0 Å². The molecule has 2 atom stereocenters. The van der Waals surface area contributed by atoms with E-state index >= 15 is 0 Å². The average molecular weight is 446 g/mol. The molecule has 2 aliphatic rings. The fourth-order valence-corrected chi connectivity index (χ4v) is 5.17. The van der Waals surface area contributed by atoms with E-state index in [9.17, 15) is 18.0 Å². The molecule has 32 heavy (non-hydrogen) atoms. The van der Waals surface area contributed by atoms with Crippen LogP contribution in [0.15, 0.2) is 42.5 Å². The van der Waals surface area contributed by atoms with Gasteiger partial charge < -0.3 is 16.0 Å². The third kappa shape index (κ3) is 4.71. The molecule has 1 saturated heterocycles. The summed E-state index contributed by atoms with van der Waals surface area (Å²) in [5.41, 5.74) is 7.65. The molecular formula is C25H30F3N3O. The zero-order valence-electron chi connectivity index (χ0n) is 18.3. The topological polar surface area (TPSA) is 58.4 Å². The Hall–Kier alpha value is -2.70. The molecule has 1 amide bonds. The van der Waals surface area contributed by atoms with Crippen molar-refractivity contribution in [1.29, 1.82) is 0 Å². The largest absolute Gasteiger partial charge is 0.416 e. The summed E-state index contributed by atoms with van der Waals surface area (Å²) in [6, 6.07) is 12.4. The zero-order chi connectivity index (χ0) is 22.9. The molecule has 2 aromatic carbocycles. The normalized spacial score (nSPS) is 22.2. The van der Waals surface area contributed by atoms with Gasteiger partial charge >= 0.3 is 6.18 Å². The summed E-state index contributed by atoms with van der Waals surface area (Å²) in [5, 5.41) is 3.55. The maximum absolute atomic E-state index is 13.5. The Morgan fingerprint density at radius 1 is 1.03 bits per heavy atom. The molecule has 2 unspecified atom stereocenters. The van der Waals surface area contributed by atoms with Crippen LogP contribution in [-0.2, 0) is 11.0 Å². The van der Waals surface area contributed by atoms with Gasteiger partial charge in [-0.25, -0.2) is 0 Å². The molecule has 0 radical (unpaired) electrons. The number of piperidine rings is 1. The summed E-state index contributed by atoms with van der Waals surface area (Å²) in [4.78, 5) is 14.2. The van der Waals surface area contributed by atoms with E-state index < -0.39 is 29.6 Å². The number of nitrogens with one attached hydrogen (secondary N) is 1. The monoisotopic (exact) mass is 445 g/mol. The van der Waals surface area contributed by atoms with Crippen LogP contribution in [0.2, 0.25) is 0 Å². The van der Waals surface area contributed by atoms with Gasteiger partial charge in [-0.05, 0) is 68.0 Å². The van der Waals surface area contributed by atoms with Gasteiger partial charge in [-0.2, -0.15) is 13.2 Å². The smallest absolute Gasteiger partial charge is 0.382 e. The summed E-state index contributed by atoms with van der Waals surface area (Å²) < 4.78 is 40.6. The standard InChI is InChI=1S/C25H30F3N3O/c1-16-8-13-20(15-22(16)25(26,27)28)31-14-4-7-21(24(29)32)23(31)17-9-11-19(12-10-17)30-18-5-2-3-6-18/h8-13,15,18,21,23,30H,2-7,14H2,1H3,(H2,29,32). The first-order valence-corrected chi connectivity index (χ1v) is 11.3. The minimum atomic E-state index is -4.43. The van der Waals surface area contributed by atoms with Gasteiger partial charge in [0.25, 0.3) is 0 Å². The van der Waals surface area contributed by atoms with E-state index in [0.29, 0.717) is 31.1 Å². The number of aryl methyl sites for hydroxylation is 1. The van der Waals surface area contributed by atoms with Gasteiger partial charge in [0.05, 0.1) is 17.5 Å². The number of anilines is 2. The highest BCUT2D eigenvalue weighted by Gasteiger charge is 2.38. The average Bonchev–Trinajstić information content (AvgIpc) is 3.26. The van der Waals surface area contributed by atoms with E-state index in [4.69, 9.17) is 5.73 Å². The van der Waals surface area contributed by atoms with Gasteiger partial charge in [0.15, 0.2) is 0 Å². The van der Waals surface area contributed by atoms with Gasteiger partial charge in [-0.15, -0.1) is 0 Å². The van der Waals surface area contributed by atoms with Crippen LogP contribution in [0.3, 0.4) is 0 Å². The third-order valence-corrected chi connectivity index (χ3v) is 6.83. The van der Waals surface area contributed by atoms with E-state index in [-0.39, 0.29) is 5.56 Å². The fourth-order valence-electron chi connectivity index (χ4n) is 5.17. The number of hydrogen-bond donors (Lipinski definition) is 2. The Kier molecular flexibility index (Phi) is 6.35. The highest BCUT2D eigenvalue weighted by atomic mass is 19.4. The number of amides is 1. The Balaban J connectivity index is 1.67. The van der Waals surface area contributed by atoms with Crippen molar-refractivity contribution in [3.63, 3.8) is 0 Å². The number of carbonyl (C=O) groups is 1. The van der Waals surface area contributed by atoms with E-state index in [1.807, 2.05) is 29.2 Å². The van der Waals surface area contributed by atoms with Crippen LogP contribution in [-0.4, -0.2) is 18.5 Å². The Bertz CT molecular complexity index is 952. The quantitative estimate of drug-likeness (QED) is 0.611.